The van der Waals surface area contributed by atoms with Crippen molar-refractivity contribution in [2.24, 2.45) is 5.92 Å². The summed E-state index contributed by atoms with van der Waals surface area (Å²) < 4.78 is 5.09. The number of aromatic nitrogens is 2. The Labute approximate surface area is 123 Å². The zero-order valence-corrected chi connectivity index (χ0v) is 12.1. The predicted octanol–water partition coefficient (Wildman–Crippen LogP) is 1.87. The van der Waals surface area contributed by atoms with Gasteiger partial charge in [-0.1, -0.05) is 13.8 Å². The minimum absolute atomic E-state index is 0.0655. The third-order valence-electron chi connectivity index (χ3n) is 3.07. The van der Waals surface area contributed by atoms with Crippen molar-refractivity contribution in [3.05, 3.63) is 36.2 Å². The molecule has 0 radical (unpaired) electrons. The van der Waals surface area contributed by atoms with Crippen LogP contribution in [0.3, 0.4) is 0 Å². The van der Waals surface area contributed by atoms with Gasteiger partial charge in [0.2, 0.25) is 12.3 Å². The predicted molar refractivity (Wildman–Crippen MR) is 77.5 cm³/mol. The van der Waals surface area contributed by atoms with Crippen LogP contribution >= 0.6 is 0 Å². The number of nitrogens with zero attached hydrogens (tertiary/aromatic N) is 2. The van der Waals surface area contributed by atoms with E-state index in [0.717, 1.165) is 12.0 Å². The SMILES string of the molecule is CC(C)CC(CO)NC(=O)c1ccc(-c2nnco2)cc1. The molecular weight excluding hydrogens is 270 g/mol. The highest BCUT2D eigenvalue weighted by atomic mass is 16.4. The maximum absolute atomic E-state index is 12.1. The average Bonchev–Trinajstić information content (AvgIpc) is 3.00. The van der Waals surface area contributed by atoms with E-state index in [-0.39, 0.29) is 18.6 Å². The summed E-state index contributed by atoms with van der Waals surface area (Å²) in [6, 6.07) is 6.66. The molecule has 6 heteroatoms. The quantitative estimate of drug-likeness (QED) is 0.847. The molecule has 1 amide bonds. The van der Waals surface area contributed by atoms with Crippen LogP contribution < -0.4 is 5.32 Å². The van der Waals surface area contributed by atoms with Gasteiger partial charge in [-0.25, -0.2) is 0 Å². The lowest BCUT2D eigenvalue weighted by Crippen LogP contribution is -2.38. The van der Waals surface area contributed by atoms with E-state index in [1.807, 2.05) is 13.8 Å². The van der Waals surface area contributed by atoms with Crippen LogP contribution in [0.2, 0.25) is 0 Å². The van der Waals surface area contributed by atoms with Crippen LogP contribution in [0.1, 0.15) is 30.6 Å². The van der Waals surface area contributed by atoms with Crippen LogP contribution in [-0.2, 0) is 0 Å². The molecule has 1 unspecified atom stereocenters. The molecule has 1 aromatic carbocycles. The van der Waals surface area contributed by atoms with E-state index in [1.54, 1.807) is 24.3 Å². The standard InChI is InChI=1S/C15H19N3O3/c1-10(2)7-13(8-19)17-14(20)11-3-5-12(6-4-11)15-18-16-9-21-15/h3-6,9-10,13,19H,7-8H2,1-2H3,(H,17,20). The highest BCUT2D eigenvalue weighted by molar-refractivity contribution is 5.94. The smallest absolute Gasteiger partial charge is 0.251 e. The number of amides is 1. The van der Waals surface area contributed by atoms with Crippen molar-refractivity contribution in [2.45, 2.75) is 26.3 Å². The maximum atomic E-state index is 12.1. The Kier molecular flexibility index (Phi) is 5.05. The van der Waals surface area contributed by atoms with Gasteiger partial charge in [-0.15, -0.1) is 10.2 Å². The number of aliphatic hydroxyl groups is 1. The second-order valence-corrected chi connectivity index (χ2v) is 5.30. The maximum Gasteiger partial charge on any atom is 0.251 e. The summed E-state index contributed by atoms with van der Waals surface area (Å²) in [5.74, 6) is 0.615. The van der Waals surface area contributed by atoms with Crippen LogP contribution in [-0.4, -0.2) is 33.9 Å². The first-order valence-corrected chi connectivity index (χ1v) is 6.88. The van der Waals surface area contributed by atoms with Crippen molar-refractivity contribution in [2.75, 3.05) is 6.61 Å². The number of nitrogens with one attached hydrogen (secondary N) is 1. The van der Waals surface area contributed by atoms with E-state index in [4.69, 9.17) is 4.42 Å². The Hall–Kier alpha value is -2.21. The molecule has 0 spiro atoms. The van der Waals surface area contributed by atoms with Gasteiger partial charge in [0.1, 0.15) is 0 Å². The second kappa shape index (κ2) is 6.99. The summed E-state index contributed by atoms with van der Waals surface area (Å²) in [6.07, 6.45) is 2.00. The summed E-state index contributed by atoms with van der Waals surface area (Å²) in [7, 11) is 0. The number of benzene rings is 1. The van der Waals surface area contributed by atoms with Gasteiger partial charge in [0, 0.05) is 11.1 Å². The molecule has 1 atom stereocenters. The lowest BCUT2D eigenvalue weighted by atomic mass is 10.0. The normalized spacial score (nSPS) is 12.4. The average molecular weight is 289 g/mol. The van der Waals surface area contributed by atoms with Gasteiger partial charge in [-0.2, -0.15) is 0 Å². The first-order chi connectivity index (χ1) is 10.1. The molecule has 6 nitrogen and oxygen atoms in total. The summed E-state index contributed by atoms with van der Waals surface area (Å²) in [4.78, 5) is 12.1. The highest BCUT2D eigenvalue weighted by Crippen LogP contribution is 2.16. The van der Waals surface area contributed by atoms with Crippen LogP contribution in [0.5, 0.6) is 0 Å². The number of hydrogen-bond donors (Lipinski definition) is 2. The number of hydrogen-bond acceptors (Lipinski definition) is 5. The fraction of sp³-hybridized carbons (Fsp3) is 0.400. The molecule has 0 aliphatic carbocycles. The van der Waals surface area contributed by atoms with Crippen molar-refractivity contribution in [1.82, 2.24) is 15.5 Å². The molecule has 21 heavy (non-hydrogen) atoms. The Morgan fingerprint density at radius 2 is 2.05 bits per heavy atom. The molecule has 0 fully saturated rings. The summed E-state index contributed by atoms with van der Waals surface area (Å²) in [6.45, 7) is 4.03. The molecule has 1 heterocycles. The lowest BCUT2D eigenvalue weighted by Gasteiger charge is -2.18. The largest absolute Gasteiger partial charge is 0.423 e. The molecule has 2 N–H and O–H groups in total. The van der Waals surface area contributed by atoms with Crippen molar-refractivity contribution in [1.29, 1.82) is 0 Å². The number of aliphatic hydroxyl groups excluding tert-OH is 1. The highest BCUT2D eigenvalue weighted by Gasteiger charge is 2.14. The minimum atomic E-state index is -0.229. The van der Waals surface area contributed by atoms with Crippen molar-refractivity contribution >= 4 is 5.91 Å². The van der Waals surface area contributed by atoms with E-state index in [2.05, 4.69) is 15.5 Å². The van der Waals surface area contributed by atoms with Crippen LogP contribution in [0, 0.1) is 5.92 Å². The van der Waals surface area contributed by atoms with E-state index >= 15 is 0 Å². The Bertz CT molecular complexity index is 564. The van der Waals surface area contributed by atoms with Crippen molar-refractivity contribution < 1.29 is 14.3 Å². The van der Waals surface area contributed by atoms with E-state index in [0.29, 0.717) is 17.4 Å². The summed E-state index contributed by atoms with van der Waals surface area (Å²) in [5.41, 5.74) is 1.28. The number of carbonyl (C=O) groups excluding carboxylic acids is 1. The van der Waals surface area contributed by atoms with E-state index in [1.165, 1.54) is 6.39 Å². The molecule has 0 aliphatic heterocycles. The fourth-order valence-electron chi connectivity index (χ4n) is 2.08. The zero-order valence-electron chi connectivity index (χ0n) is 12.1. The molecule has 0 aliphatic rings. The fourth-order valence-corrected chi connectivity index (χ4v) is 2.08. The van der Waals surface area contributed by atoms with Gasteiger partial charge in [-0.05, 0) is 36.6 Å². The minimum Gasteiger partial charge on any atom is -0.423 e. The molecule has 2 aromatic rings. The Morgan fingerprint density at radius 3 is 2.57 bits per heavy atom. The molecule has 1 aromatic heterocycles. The van der Waals surface area contributed by atoms with Crippen LogP contribution in [0.4, 0.5) is 0 Å². The van der Waals surface area contributed by atoms with E-state index < -0.39 is 0 Å². The molecule has 112 valence electrons. The van der Waals surface area contributed by atoms with Gasteiger partial charge in [0.25, 0.3) is 5.91 Å². The van der Waals surface area contributed by atoms with Crippen LogP contribution in [0.25, 0.3) is 11.5 Å². The van der Waals surface area contributed by atoms with Gasteiger partial charge < -0.3 is 14.8 Å². The Morgan fingerprint density at radius 1 is 1.33 bits per heavy atom. The lowest BCUT2D eigenvalue weighted by molar-refractivity contribution is 0.0908. The monoisotopic (exact) mass is 289 g/mol. The molecule has 0 saturated heterocycles. The zero-order chi connectivity index (χ0) is 15.2. The summed E-state index contributed by atoms with van der Waals surface area (Å²) in [5, 5.41) is 19.5. The molecule has 0 bridgehead atoms. The van der Waals surface area contributed by atoms with E-state index in [9.17, 15) is 9.90 Å². The van der Waals surface area contributed by atoms with Crippen LogP contribution in [0.15, 0.2) is 35.1 Å². The van der Waals surface area contributed by atoms with Gasteiger partial charge in [0.15, 0.2) is 0 Å². The topological polar surface area (TPSA) is 88.2 Å². The van der Waals surface area contributed by atoms with Gasteiger partial charge >= 0.3 is 0 Å². The third-order valence-corrected chi connectivity index (χ3v) is 3.07. The van der Waals surface area contributed by atoms with Crippen molar-refractivity contribution in [3.8, 4) is 11.5 Å². The second-order valence-electron chi connectivity index (χ2n) is 5.30. The Balaban J connectivity index is 2.02. The number of carbonyl (C=O) groups is 1. The van der Waals surface area contributed by atoms with Gasteiger partial charge in [-0.3, -0.25) is 4.79 Å². The molecule has 2 rings (SSSR count). The first kappa shape index (κ1) is 15.2. The summed E-state index contributed by atoms with van der Waals surface area (Å²) >= 11 is 0. The molecule has 0 saturated carbocycles. The third kappa shape index (κ3) is 4.13. The van der Waals surface area contributed by atoms with Gasteiger partial charge in [0.05, 0.1) is 12.6 Å². The molecular formula is C15H19N3O3. The first-order valence-electron chi connectivity index (χ1n) is 6.88. The number of rotatable bonds is 6. The van der Waals surface area contributed by atoms with Crippen molar-refractivity contribution in [3.63, 3.8) is 0 Å².